The van der Waals surface area contributed by atoms with Crippen molar-refractivity contribution in [2.75, 3.05) is 20.2 Å². The fourth-order valence-corrected chi connectivity index (χ4v) is 4.84. The molecule has 2 fully saturated rings. The Bertz CT molecular complexity index is 965. The number of carbonyl (C=O) groups excluding carboxylic acids is 4. The third-order valence-corrected chi connectivity index (χ3v) is 6.06. The molecule has 7 heteroatoms. The number of rotatable bonds is 5. The molecule has 7 nitrogen and oxygen atoms in total. The van der Waals surface area contributed by atoms with Crippen molar-refractivity contribution in [2.45, 2.75) is 12.5 Å². The number of hydrogen-bond donors (Lipinski definition) is 0. The Kier molecular flexibility index (Phi) is 4.89. The SMILES string of the molecule is CCN1C(=O)C2C(=O)N(CC(=O)OC)C(c3ccccc3)(c3ccccc3)C2C1=O. The van der Waals surface area contributed by atoms with Crippen LogP contribution in [0.3, 0.4) is 0 Å². The van der Waals surface area contributed by atoms with Gasteiger partial charge in [0, 0.05) is 6.54 Å². The maximum atomic E-state index is 13.5. The summed E-state index contributed by atoms with van der Waals surface area (Å²) in [4.78, 5) is 54.8. The topological polar surface area (TPSA) is 84.0 Å². The van der Waals surface area contributed by atoms with Crippen molar-refractivity contribution in [3.8, 4) is 0 Å². The summed E-state index contributed by atoms with van der Waals surface area (Å²) in [6, 6.07) is 18.2. The minimum Gasteiger partial charge on any atom is -0.468 e. The van der Waals surface area contributed by atoms with Gasteiger partial charge in [-0.25, -0.2) is 0 Å². The van der Waals surface area contributed by atoms with Gasteiger partial charge in [-0.3, -0.25) is 24.1 Å². The maximum absolute atomic E-state index is 13.5. The Morgan fingerprint density at radius 1 is 0.900 bits per heavy atom. The molecule has 0 N–H and O–H groups in total. The lowest BCUT2D eigenvalue weighted by Gasteiger charge is -2.42. The molecule has 0 aliphatic carbocycles. The first-order valence-corrected chi connectivity index (χ1v) is 9.83. The van der Waals surface area contributed by atoms with Crippen LogP contribution in [0.4, 0.5) is 0 Å². The molecule has 3 amide bonds. The molecule has 0 spiro atoms. The summed E-state index contributed by atoms with van der Waals surface area (Å²) in [5.41, 5.74) is 0.0369. The molecule has 0 saturated carbocycles. The fourth-order valence-electron chi connectivity index (χ4n) is 4.84. The second-order valence-electron chi connectivity index (χ2n) is 7.38. The van der Waals surface area contributed by atoms with E-state index in [4.69, 9.17) is 4.74 Å². The number of imide groups is 1. The number of hydrogen-bond acceptors (Lipinski definition) is 5. The van der Waals surface area contributed by atoms with Crippen molar-refractivity contribution in [2.24, 2.45) is 11.8 Å². The smallest absolute Gasteiger partial charge is 0.325 e. The van der Waals surface area contributed by atoms with E-state index in [1.807, 2.05) is 60.7 Å². The average molecular weight is 406 g/mol. The van der Waals surface area contributed by atoms with Crippen LogP contribution in [0.5, 0.6) is 0 Å². The van der Waals surface area contributed by atoms with Crippen molar-refractivity contribution in [1.82, 2.24) is 9.80 Å². The number of fused-ring (bicyclic) bond motifs is 1. The molecule has 154 valence electrons. The van der Waals surface area contributed by atoms with Crippen LogP contribution in [-0.2, 0) is 29.5 Å². The quantitative estimate of drug-likeness (QED) is 0.428. The molecule has 0 bridgehead atoms. The van der Waals surface area contributed by atoms with E-state index in [9.17, 15) is 19.2 Å². The van der Waals surface area contributed by atoms with E-state index in [1.54, 1.807) is 6.92 Å². The normalized spacial score (nSPS) is 22.4. The van der Waals surface area contributed by atoms with Crippen LogP contribution >= 0.6 is 0 Å². The van der Waals surface area contributed by atoms with Crippen molar-refractivity contribution < 1.29 is 23.9 Å². The number of carbonyl (C=O) groups is 4. The molecule has 2 unspecified atom stereocenters. The highest BCUT2D eigenvalue weighted by Gasteiger charge is 2.70. The molecule has 2 aromatic carbocycles. The first kappa shape index (κ1) is 19.8. The summed E-state index contributed by atoms with van der Waals surface area (Å²) in [5, 5.41) is 0. The van der Waals surface area contributed by atoms with Crippen LogP contribution in [0, 0.1) is 11.8 Å². The lowest BCUT2D eigenvalue weighted by Crippen LogP contribution is -2.53. The van der Waals surface area contributed by atoms with Crippen molar-refractivity contribution in [3.63, 3.8) is 0 Å². The van der Waals surface area contributed by atoms with Crippen LogP contribution in [-0.4, -0.2) is 53.7 Å². The van der Waals surface area contributed by atoms with Gasteiger partial charge in [-0.15, -0.1) is 0 Å². The van der Waals surface area contributed by atoms with Gasteiger partial charge >= 0.3 is 5.97 Å². The Hall–Kier alpha value is -3.48. The highest BCUT2D eigenvalue weighted by molar-refractivity contribution is 6.18. The number of nitrogens with zero attached hydrogens (tertiary/aromatic N) is 2. The fraction of sp³-hybridized carbons (Fsp3) is 0.304. The van der Waals surface area contributed by atoms with Gasteiger partial charge in [-0.2, -0.15) is 0 Å². The summed E-state index contributed by atoms with van der Waals surface area (Å²) in [5.74, 6) is -4.20. The first-order valence-electron chi connectivity index (χ1n) is 9.83. The Balaban J connectivity index is 2.04. The third kappa shape index (κ3) is 2.58. The molecule has 0 aromatic heterocycles. The Morgan fingerprint density at radius 2 is 1.43 bits per heavy atom. The van der Waals surface area contributed by atoms with Gasteiger partial charge in [0.1, 0.15) is 18.0 Å². The number of amides is 3. The van der Waals surface area contributed by atoms with Gasteiger partial charge in [-0.05, 0) is 18.1 Å². The summed E-state index contributed by atoms with van der Waals surface area (Å²) in [6.45, 7) is 1.54. The van der Waals surface area contributed by atoms with Gasteiger partial charge in [0.05, 0.1) is 13.0 Å². The highest BCUT2D eigenvalue weighted by Crippen LogP contribution is 2.54. The summed E-state index contributed by atoms with van der Waals surface area (Å²) < 4.78 is 4.83. The zero-order valence-corrected chi connectivity index (χ0v) is 16.8. The van der Waals surface area contributed by atoms with Crippen LogP contribution in [0.15, 0.2) is 60.7 Å². The predicted octanol–water partition coefficient (Wildman–Crippen LogP) is 1.57. The molecule has 4 rings (SSSR count). The molecule has 2 atom stereocenters. The van der Waals surface area contributed by atoms with Crippen LogP contribution in [0.2, 0.25) is 0 Å². The highest BCUT2D eigenvalue weighted by atomic mass is 16.5. The monoisotopic (exact) mass is 406 g/mol. The molecule has 2 aliphatic rings. The van der Waals surface area contributed by atoms with Gasteiger partial charge < -0.3 is 9.64 Å². The molecule has 2 aliphatic heterocycles. The number of ether oxygens (including phenoxy) is 1. The minimum atomic E-state index is -1.30. The standard InChI is InChI=1S/C23H22N2O5/c1-3-24-20(27)18-19(22(24)29)23(15-10-6-4-7-11-15,16-12-8-5-9-13-16)25(21(18)28)14-17(26)30-2/h4-13,18-19H,3,14H2,1-2H3. The van der Waals surface area contributed by atoms with Crippen molar-refractivity contribution in [1.29, 1.82) is 0 Å². The second kappa shape index (κ2) is 7.40. The Morgan fingerprint density at radius 3 is 1.90 bits per heavy atom. The largest absolute Gasteiger partial charge is 0.468 e. The van der Waals surface area contributed by atoms with Crippen molar-refractivity contribution >= 4 is 23.7 Å². The van der Waals surface area contributed by atoms with Gasteiger partial charge in [-0.1, -0.05) is 60.7 Å². The van der Waals surface area contributed by atoms with Gasteiger partial charge in [0.2, 0.25) is 17.7 Å². The number of methoxy groups -OCH3 is 1. The number of likely N-dealkylation sites (tertiary alicyclic amines) is 2. The summed E-state index contributed by atoms with van der Waals surface area (Å²) in [7, 11) is 1.24. The second-order valence-corrected chi connectivity index (χ2v) is 7.38. The molecule has 30 heavy (non-hydrogen) atoms. The summed E-state index contributed by atoms with van der Waals surface area (Å²) in [6.07, 6.45) is 0. The lowest BCUT2D eigenvalue weighted by molar-refractivity contribution is -0.152. The molecule has 0 radical (unpaired) electrons. The Labute approximate surface area is 174 Å². The first-order chi connectivity index (χ1) is 14.5. The predicted molar refractivity (Wildman–Crippen MR) is 107 cm³/mol. The number of esters is 1. The van der Waals surface area contributed by atoms with E-state index in [2.05, 4.69) is 0 Å². The minimum absolute atomic E-state index is 0.189. The molecule has 2 saturated heterocycles. The molecular formula is C23H22N2O5. The van der Waals surface area contributed by atoms with Crippen LogP contribution in [0.25, 0.3) is 0 Å². The number of benzene rings is 2. The zero-order valence-electron chi connectivity index (χ0n) is 16.8. The van der Waals surface area contributed by atoms with Crippen LogP contribution in [0.1, 0.15) is 18.1 Å². The zero-order chi connectivity index (χ0) is 21.5. The van der Waals surface area contributed by atoms with E-state index >= 15 is 0 Å². The molecule has 2 heterocycles. The van der Waals surface area contributed by atoms with Crippen molar-refractivity contribution in [3.05, 3.63) is 71.8 Å². The van der Waals surface area contributed by atoms with Crippen LogP contribution < -0.4 is 0 Å². The average Bonchev–Trinajstić information content (AvgIpc) is 3.19. The molecular weight excluding hydrogens is 384 g/mol. The summed E-state index contributed by atoms with van der Waals surface area (Å²) >= 11 is 0. The lowest BCUT2D eigenvalue weighted by atomic mass is 9.71. The van der Waals surface area contributed by atoms with E-state index in [0.717, 1.165) is 4.90 Å². The van der Waals surface area contributed by atoms with E-state index in [-0.39, 0.29) is 13.1 Å². The van der Waals surface area contributed by atoms with Gasteiger partial charge in [0.15, 0.2) is 0 Å². The van der Waals surface area contributed by atoms with E-state index in [1.165, 1.54) is 12.0 Å². The van der Waals surface area contributed by atoms with E-state index < -0.39 is 41.1 Å². The van der Waals surface area contributed by atoms with E-state index in [0.29, 0.717) is 11.1 Å². The third-order valence-electron chi connectivity index (χ3n) is 6.06. The maximum Gasteiger partial charge on any atom is 0.325 e. The molecule has 2 aromatic rings. The van der Waals surface area contributed by atoms with Gasteiger partial charge in [0.25, 0.3) is 0 Å².